The molecule has 0 atom stereocenters. The Hall–Kier alpha value is -2.41. The van der Waals surface area contributed by atoms with E-state index in [9.17, 15) is 18.5 Å². The van der Waals surface area contributed by atoms with E-state index in [-0.39, 0.29) is 10.6 Å². The minimum Gasteiger partial charge on any atom is -0.266 e. The Balaban J connectivity index is 2.08. The largest absolute Gasteiger partial charge is 0.270 e. The number of non-ortho nitro benzene ring substituents is 1. The molecule has 0 bridgehead atoms. The summed E-state index contributed by atoms with van der Waals surface area (Å²) in [6.45, 7) is 0.377. The number of rotatable bonds is 3. The van der Waals surface area contributed by atoms with Gasteiger partial charge in [0.1, 0.15) is 0 Å². The first-order valence-electron chi connectivity index (χ1n) is 6.85. The predicted octanol–water partition coefficient (Wildman–Crippen LogP) is 2.74. The van der Waals surface area contributed by atoms with E-state index in [0.717, 1.165) is 24.5 Å². The van der Waals surface area contributed by atoms with Crippen LogP contribution in [0.4, 0.5) is 11.4 Å². The standard InChI is InChI=1S/C15H14N2O4S/c18-17(19)13-7-3-8-14(11-13)22(20,21)16-10-4-6-12-5-1-2-9-15(12)16/h1-3,5,7-9,11H,4,6,10H2. The van der Waals surface area contributed by atoms with E-state index < -0.39 is 14.9 Å². The lowest BCUT2D eigenvalue weighted by molar-refractivity contribution is -0.385. The van der Waals surface area contributed by atoms with E-state index in [4.69, 9.17) is 0 Å². The number of fused-ring (bicyclic) bond motifs is 1. The van der Waals surface area contributed by atoms with Crippen LogP contribution in [0.2, 0.25) is 0 Å². The molecule has 2 aromatic carbocycles. The maximum Gasteiger partial charge on any atom is 0.270 e. The monoisotopic (exact) mass is 318 g/mol. The zero-order valence-electron chi connectivity index (χ0n) is 11.7. The SMILES string of the molecule is O=[N+]([O-])c1cccc(S(=O)(=O)N2CCCc3ccccc32)c1. The van der Waals surface area contributed by atoms with Gasteiger partial charge >= 0.3 is 0 Å². The van der Waals surface area contributed by atoms with Crippen molar-refractivity contribution in [3.8, 4) is 0 Å². The lowest BCUT2D eigenvalue weighted by Crippen LogP contribution is -2.35. The van der Waals surface area contributed by atoms with Crippen LogP contribution in [-0.4, -0.2) is 19.9 Å². The zero-order valence-corrected chi connectivity index (χ0v) is 12.5. The van der Waals surface area contributed by atoms with Crippen LogP contribution in [-0.2, 0) is 16.4 Å². The van der Waals surface area contributed by atoms with Crippen LogP contribution in [0.25, 0.3) is 0 Å². The molecule has 0 spiro atoms. The summed E-state index contributed by atoms with van der Waals surface area (Å²) in [4.78, 5) is 10.2. The normalized spacial score (nSPS) is 14.5. The summed E-state index contributed by atoms with van der Waals surface area (Å²) in [5.74, 6) is 0. The van der Waals surface area contributed by atoms with Gasteiger partial charge in [-0.2, -0.15) is 0 Å². The second kappa shape index (κ2) is 5.42. The summed E-state index contributed by atoms with van der Waals surface area (Å²) in [5.41, 5.74) is 1.40. The number of anilines is 1. The maximum atomic E-state index is 12.8. The van der Waals surface area contributed by atoms with Crippen LogP contribution >= 0.6 is 0 Å². The van der Waals surface area contributed by atoms with Crippen molar-refractivity contribution in [3.63, 3.8) is 0 Å². The number of aryl methyl sites for hydroxylation is 1. The molecule has 2 aromatic rings. The molecule has 1 heterocycles. The van der Waals surface area contributed by atoms with Crippen LogP contribution in [0.5, 0.6) is 0 Å². The summed E-state index contributed by atoms with van der Waals surface area (Å²) < 4.78 is 27.0. The van der Waals surface area contributed by atoms with Gasteiger partial charge in [0.15, 0.2) is 0 Å². The number of para-hydroxylation sites is 1. The Morgan fingerprint density at radius 1 is 1.09 bits per heavy atom. The minimum absolute atomic E-state index is 0.0570. The Labute approximate surface area is 128 Å². The van der Waals surface area contributed by atoms with E-state index in [0.29, 0.717) is 12.2 Å². The second-order valence-electron chi connectivity index (χ2n) is 5.06. The highest BCUT2D eigenvalue weighted by molar-refractivity contribution is 7.92. The zero-order chi connectivity index (χ0) is 15.7. The first kappa shape index (κ1) is 14.5. The van der Waals surface area contributed by atoms with E-state index >= 15 is 0 Å². The average Bonchev–Trinajstić information content (AvgIpc) is 2.54. The van der Waals surface area contributed by atoms with Gasteiger partial charge in [0.2, 0.25) is 0 Å². The Bertz CT molecular complexity index is 833. The third kappa shape index (κ3) is 2.43. The maximum absolute atomic E-state index is 12.8. The van der Waals surface area contributed by atoms with Gasteiger partial charge in [0.25, 0.3) is 15.7 Å². The molecule has 3 rings (SSSR count). The summed E-state index contributed by atoms with van der Waals surface area (Å²) in [6, 6.07) is 12.5. The number of benzene rings is 2. The Kier molecular flexibility index (Phi) is 3.58. The molecule has 0 aromatic heterocycles. The van der Waals surface area contributed by atoms with Gasteiger partial charge in [-0.1, -0.05) is 24.3 Å². The molecule has 0 saturated heterocycles. The molecule has 0 saturated carbocycles. The van der Waals surface area contributed by atoms with Gasteiger partial charge in [-0.3, -0.25) is 14.4 Å². The summed E-state index contributed by atoms with van der Waals surface area (Å²) in [5, 5.41) is 10.9. The van der Waals surface area contributed by atoms with Gasteiger partial charge in [-0.05, 0) is 30.5 Å². The molecule has 0 N–H and O–H groups in total. The topological polar surface area (TPSA) is 80.5 Å². The molecule has 0 fully saturated rings. The molecule has 1 aliphatic rings. The molecule has 0 radical (unpaired) electrons. The fourth-order valence-electron chi connectivity index (χ4n) is 2.63. The molecule has 7 heteroatoms. The number of hydrogen-bond acceptors (Lipinski definition) is 4. The lowest BCUT2D eigenvalue weighted by Gasteiger charge is -2.30. The van der Waals surface area contributed by atoms with E-state index in [1.165, 1.54) is 22.5 Å². The van der Waals surface area contributed by atoms with Gasteiger partial charge in [0, 0.05) is 18.7 Å². The van der Waals surface area contributed by atoms with Gasteiger partial charge in [-0.25, -0.2) is 8.42 Å². The molecule has 0 unspecified atom stereocenters. The van der Waals surface area contributed by atoms with E-state index in [1.807, 2.05) is 12.1 Å². The highest BCUT2D eigenvalue weighted by Crippen LogP contribution is 2.32. The molecular weight excluding hydrogens is 304 g/mol. The molecule has 6 nitrogen and oxygen atoms in total. The molecule has 1 aliphatic heterocycles. The lowest BCUT2D eigenvalue weighted by atomic mass is 10.0. The Morgan fingerprint density at radius 3 is 2.64 bits per heavy atom. The average molecular weight is 318 g/mol. The highest BCUT2D eigenvalue weighted by Gasteiger charge is 2.29. The van der Waals surface area contributed by atoms with Crippen molar-refractivity contribution in [2.24, 2.45) is 0 Å². The predicted molar refractivity (Wildman–Crippen MR) is 82.4 cm³/mol. The van der Waals surface area contributed by atoms with Crippen LogP contribution in [0.15, 0.2) is 53.4 Å². The quantitative estimate of drug-likeness (QED) is 0.643. The molecule has 22 heavy (non-hydrogen) atoms. The van der Waals surface area contributed by atoms with Gasteiger partial charge in [-0.15, -0.1) is 0 Å². The smallest absolute Gasteiger partial charge is 0.266 e. The molecule has 0 amide bonds. The highest BCUT2D eigenvalue weighted by atomic mass is 32.2. The van der Waals surface area contributed by atoms with Crippen molar-refractivity contribution < 1.29 is 13.3 Å². The Morgan fingerprint density at radius 2 is 1.86 bits per heavy atom. The molecule has 0 aliphatic carbocycles. The van der Waals surface area contributed by atoms with Crippen molar-refractivity contribution in [1.82, 2.24) is 0 Å². The fourth-order valence-corrected chi connectivity index (χ4v) is 4.21. The van der Waals surface area contributed by atoms with Crippen LogP contribution in [0.3, 0.4) is 0 Å². The van der Waals surface area contributed by atoms with Crippen molar-refractivity contribution in [1.29, 1.82) is 0 Å². The van der Waals surface area contributed by atoms with E-state index in [1.54, 1.807) is 12.1 Å². The van der Waals surface area contributed by atoms with E-state index in [2.05, 4.69) is 0 Å². The van der Waals surface area contributed by atoms with Crippen molar-refractivity contribution >= 4 is 21.4 Å². The van der Waals surface area contributed by atoms with Crippen LogP contribution < -0.4 is 4.31 Å². The summed E-state index contributed by atoms with van der Waals surface area (Å²) >= 11 is 0. The van der Waals surface area contributed by atoms with Gasteiger partial charge < -0.3 is 0 Å². The minimum atomic E-state index is -3.80. The third-order valence-electron chi connectivity index (χ3n) is 3.68. The van der Waals surface area contributed by atoms with Crippen molar-refractivity contribution in [3.05, 3.63) is 64.2 Å². The van der Waals surface area contributed by atoms with Crippen LogP contribution in [0, 0.1) is 10.1 Å². The fraction of sp³-hybridized carbons (Fsp3) is 0.200. The first-order valence-corrected chi connectivity index (χ1v) is 8.29. The van der Waals surface area contributed by atoms with Crippen molar-refractivity contribution in [2.75, 3.05) is 10.8 Å². The van der Waals surface area contributed by atoms with Crippen LogP contribution in [0.1, 0.15) is 12.0 Å². The number of sulfonamides is 1. The first-order chi connectivity index (χ1) is 10.5. The molecule has 114 valence electrons. The number of nitro benzene ring substituents is 1. The number of nitro groups is 1. The van der Waals surface area contributed by atoms with Gasteiger partial charge in [0.05, 0.1) is 15.5 Å². The second-order valence-corrected chi connectivity index (χ2v) is 6.93. The third-order valence-corrected chi connectivity index (χ3v) is 5.49. The van der Waals surface area contributed by atoms with Crippen molar-refractivity contribution in [2.45, 2.75) is 17.7 Å². The number of nitrogens with zero attached hydrogens (tertiary/aromatic N) is 2. The number of hydrogen-bond donors (Lipinski definition) is 0. The molecular formula is C15H14N2O4S. The summed E-state index contributed by atoms with van der Waals surface area (Å²) in [7, 11) is -3.80. The summed E-state index contributed by atoms with van der Waals surface area (Å²) in [6.07, 6.45) is 1.56.